The molecule has 0 heterocycles. The van der Waals surface area contributed by atoms with Crippen molar-refractivity contribution in [1.29, 1.82) is 0 Å². The molecule has 0 unspecified atom stereocenters. The zero-order valence-electron chi connectivity index (χ0n) is 11.9. The summed E-state index contributed by atoms with van der Waals surface area (Å²) in [6.07, 6.45) is 0. The Bertz CT molecular complexity index is 533. The number of rotatable bonds is 2. The van der Waals surface area contributed by atoms with Gasteiger partial charge in [-0.05, 0) is 13.8 Å². The fraction of sp³-hybridized carbons (Fsp3) is 0.294. The van der Waals surface area contributed by atoms with E-state index in [0.29, 0.717) is 5.92 Å². The van der Waals surface area contributed by atoms with Gasteiger partial charge in [-0.2, -0.15) is 0 Å². The molecule has 0 N–H and O–H groups in total. The molecule has 2 aromatic rings. The van der Waals surface area contributed by atoms with Gasteiger partial charge in [0, 0.05) is 37.2 Å². The fourth-order valence-corrected chi connectivity index (χ4v) is 2.97. The van der Waals surface area contributed by atoms with Crippen LogP contribution in [0.3, 0.4) is 0 Å². The van der Waals surface area contributed by atoms with Gasteiger partial charge in [0.2, 0.25) is 0 Å². The summed E-state index contributed by atoms with van der Waals surface area (Å²) in [5.41, 5.74) is 6.40. The first-order valence-corrected chi connectivity index (χ1v) is 7.07. The van der Waals surface area contributed by atoms with Gasteiger partial charge in [-0.25, -0.2) is 0 Å². The molecule has 0 aliphatic carbocycles. The fourth-order valence-electron chi connectivity index (χ4n) is 2.29. The maximum atomic E-state index is 3.54. The van der Waals surface area contributed by atoms with Gasteiger partial charge in [-0.1, -0.05) is 64.5 Å². The Labute approximate surface area is 150 Å². The van der Waals surface area contributed by atoms with E-state index >= 15 is 0 Å². The van der Waals surface area contributed by atoms with E-state index in [9.17, 15) is 0 Å². The molecule has 97 valence electrons. The Morgan fingerprint density at radius 3 is 2.05 bits per heavy atom. The molecule has 0 saturated heterocycles. The van der Waals surface area contributed by atoms with E-state index in [0.717, 1.165) is 4.47 Å². The molecular weight excluding hydrogens is 373 g/mol. The summed E-state index contributed by atoms with van der Waals surface area (Å²) < 4.78 is 1.14. The minimum atomic E-state index is 0. The van der Waals surface area contributed by atoms with Crippen molar-refractivity contribution in [2.45, 2.75) is 33.6 Å². The van der Waals surface area contributed by atoms with Crippen molar-refractivity contribution in [3.8, 4) is 11.1 Å². The number of benzene rings is 2. The Morgan fingerprint density at radius 1 is 1.05 bits per heavy atom. The largest absolute Gasteiger partial charge is 0.144 e. The van der Waals surface area contributed by atoms with Crippen molar-refractivity contribution in [3.63, 3.8) is 0 Å². The summed E-state index contributed by atoms with van der Waals surface area (Å²) in [5.74, 6) is 0.558. The first kappa shape index (κ1) is 17.1. The van der Waals surface area contributed by atoms with Crippen LogP contribution in [0.25, 0.3) is 11.1 Å². The van der Waals surface area contributed by atoms with E-state index in [1.54, 1.807) is 0 Å². The third-order valence-corrected chi connectivity index (χ3v) is 3.73. The number of hydrogen-bond acceptors (Lipinski definition) is 0. The molecule has 0 amide bonds. The molecule has 0 aliphatic rings. The molecule has 2 rings (SSSR count). The molecule has 1 radical (unpaired) electrons. The average Bonchev–Trinajstić information content (AvgIpc) is 2.28. The summed E-state index contributed by atoms with van der Waals surface area (Å²) in [4.78, 5) is 0. The summed E-state index contributed by atoms with van der Waals surface area (Å²) >= 11 is 3.54. The molecule has 0 aliphatic heterocycles. The topological polar surface area (TPSA) is 0 Å². The average molecular weight is 391 g/mol. The van der Waals surface area contributed by atoms with Gasteiger partial charge in [0.25, 0.3) is 0 Å². The maximum absolute atomic E-state index is 3.54. The van der Waals surface area contributed by atoms with Crippen LogP contribution >= 0.6 is 15.9 Å². The minimum Gasteiger partial charge on any atom is -0.144 e. The van der Waals surface area contributed by atoms with Crippen LogP contribution in [0.4, 0.5) is 0 Å². The van der Waals surface area contributed by atoms with Crippen LogP contribution in [-0.4, -0.2) is 0 Å². The number of hydrogen-bond donors (Lipinski definition) is 0. The van der Waals surface area contributed by atoms with Crippen molar-refractivity contribution in [2.24, 2.45) is 0 Å². The SMILES string of the molecule is Cc1cc(Br)cc(C)c1-c1[c-]cc(C(C)C)cc1.[Y]. The third-order valence-electron chi connectivity index (χ3n) is 3.27. The van der Waals surface area contributed by atoms with E-state index in [4.69, 9.17) is 0 Å². The van der Waals surface area contributed by atoms with Gasteiger partial charge in [0.15, 0.2) is 0 Å². The maximum Gasteiger partial charge on any atom is 0.0165 e. The molecule has 2 aromatic carbocycles. The number of halogens is 1. The zero-order chi connectivity index (χ0) is 13.3. The van der Waals surface area contributed by atoms with Crippen molar-refractivity contribution < 1.29 is 32.7 Å². The van der Waals surface area contributed by atoms with Crippen LogP contribution in [0.2, 0.25) is 0 Å². The summed E-state index contributed by atoms with van der Waals surface area (Å²) in [5, 5.41) is 0. The van der Waals surface area contributed by atoms with Gasteiger partial charge < -0.3 is 0 Å². The monoisotopic (exact) mass is 390 g/mol. The predicted molar refractivity (Wildman–Crippen MR) is 82.0 cm³/mol. The Morgan fingerprint density at radius 2 is 1.63 bits per heavy atom. The minimum absolute atomic E-state index is 0. The second-order valence-electron chi connectivity index (χ2n) is 5.10. The van der Waals surface area contributed by atoms with E-state index in [2.05, 4.69) is 80.0 Å². The summed E-state index contributed by atoms with van der Waals surface area (Å²) in [7, 11) is 0. The van der Waals surface area contributed by atoms with E-state index < -0.39 is 0 Å². The van der Waals surface area contributed by atoms with E-state index in [-0.39, 0.29) is 32.7 Å². The second kappa shape index (κ2) is 7.15. The van der Waals surface area contributed by atoms with Crippen LogP contribution < -0.4 is 0 Å². The molecule has 0 spiro atoms. The molecular formula is C17H18BrY-. The summed E-state index contributed by atoms with van der Waals surface area (Å²) in [6, 6.07) is 14.2. The predicted octanol–water partition coefficient (Wildman–Crippen LogP) is 5.65. The Kier molecular flexibility index (Phi) is 6.43. The van der Waals surface area contributed by atoms with Gasteiger partial charge in [0.05, 0.1) is 0 Å². The van der Waals surface area contributed by atoms with Crippen LogP contribution in [0.15, 0.2) is 34.8 Å². The van der Waals surface area contributed by atoms with Crippen LogP contribution in [-0.2, 0) is 32.7 Å². The standard InChI is InChI=1S/C17H18Br.Y/c1-11(2)14-5-7-15(8-6-14)17-12(3)9-16(18)10-13(17)4;/h5-7,9-11H,1-4H3;/q-1;. The van der Waals surface area contributed by atoms with Gasteiger partial charge in [-0.3, -0.25) is 0 Å². The first-order chi connectivity index (χ1) is 8.49. The van der Waals surface area contributed by atoms with Crippen LogP contribution in [0, 0.1) is 19.9 Å². The molecule has 0 nitrogen and oxygen atoms in total. The molecule has 0 aromatic heterocycles. The zero-order valence-corrected chi connectivity index (χ0v) is 16.3. The Hall–Kier alpha value is 0.0239. The summed E-state index contributed by atoms with van der Waals surface area (Å²) in [6.45, 7) is 8.71. The van der Waals surface area contributed by atoms with Gasteiger partial charge in [-0.15, -0.1) is 35.4 Å². The quantitative estimate of drug-likeness (QED) is 0.581. The normalized spacial score (nSPS) is 10.4. The van der Waals surface area contributed by atoms with Crippen molar-refractivity contribution >= 4 is 15.9 Å². The molecule has 0 fully saturated rings. The molecule has 19 heavy (non-hydrogen) atoms. The van der Waals surface area contributed by atoms with Crippen LogP contribution in [0.1, 0.15) is 36.5 Å². The molecule has 0 saturated carbocycles. The van der Waals surface area contributed by atoms with E-state index in [1.807, 2.05) is 0 Å². The van der Waals surface area contributed by atoms with Crippen molar-refractivity contribution in [3.05, 3.63) is 57.6 Å². The third kappa shape index (κ3) is 4.00. The Balaban J connectivity index is 0.00000180. The first-order valence-electron chi connectivity index (χ1n) is 6.28. The molecule has 0 bridgehead atoms. The number of aryl methyl sites for hydroxylation is 2. The molecule has 2 heteroatoms. The second-order valence-corrected chi connectivity index (χ2v) is 6.02. The van der Waals surface area contributed by atoms with Crippen molar-refractivity contribution in [1.82, 2.24) is 0 Å². The molecule has 0 atom stereocenters. The van der Waals surface area contributed by atoms with Gasteiger partial charge >= 0.3 is 0 Å². The van der Waals surface area contributed by atoms with Crippen LogP contribution in [0.5, 0.6) is 0 Å². The van der Waals surface area contributed by atoms with E-state index in [1.165, 1.54) is 27.8 Å². The van der Waals surface area contributed by atoms with Crippen molar-refractivity contribution in [2.75, 3.05) is 0 Å². The smallest absolute Gasteiger partial charge is 0.0165 e. The van der Waals surface area contributed by atoms with Gasteiger partial charge in [0.1, 0.15) is 0 Å².